The van der Waals surface area contributed by atoms with Crippen LogP contribution in [0.1, 0.15) is 17.3 Å². The van der Waals surface area contributed by atoms with Gasteiger partial charge in [-0.3, -0.25) is 15.3 Å². The van der Waals surface area contributed by atoms with Gasteiger partial charge in [-0.1, -0.05) is 18.2 Å². The van der Waals surface area contributed by atoms with E-state index in [-0.39, 0.29) is 5.96 Å². The van der Waals surface area contributed by atoms with Gasteiger partial charge in [0.1, 0.15) is 6.10 Å². The van der Waals surface area contributed by atoms with Crippen LogP contribution in [0.4, 0.5) is 0 Å². The fraction of sp³-hybridized carbons (Fsp3) is 0.333. The maximum absolute atomic E-state index is 11.9. The first-order chi connectivity index (χ1) is 9.00. The number of hydrogen-bond acceptors (Lipinski definition) is 6. The summed E-state index contributed by atoms with van der Waals surface area (Å²) in [6.45, 7) is 1.57. The van der Waals surface area contributed by atoms with E-state index in [0.29, 0.717) is 10.6 Å². The molecule has 0 spiro atoms. The Bertz CT molecular complexity index is 491. The molecule has 0 unspecified atom stereocenters. The first-order valence-corrected chi connectivity index (χ1v) is 5.79. The Morgan fingerprint density at radius 1 is 1.32 bits per heavy atom. The third kappa shape index (κ3) is 2.73. The molecule has 1 heterocycles. The number of carbonyl (C=O) groups is 1. The van der Waals surface area contributed by atoms with E-state index in [9.17, 15) is 20.2 Å². The summed E-state index contributed by atoms with van der Waals surface area (Å²) in [6, 6.07) is 7.76. The lowest BCUT2D eigenvalue weighted by molar-refractivity contribution is -0.191. The van der Waals surface area contributed by atoms with Gasteiger partial charge < -0.3 is 10.2 Å². The Balaban J connectivity index is 2.15. The van der Waals surface area contributed by atoms with Gasteiger partial charge in [0.05, 0.1) is 6.04 Å². The molecule has 4 N–H and O–H groups in total. The standard InChI is InChI=1S/C12H15N3O4/c1-7-9(16)11(18)15(19)12(13-7)14-10(17)8-5-3-2-4-6-8/h2-7,9,11,16,18-19H,1H3,(H,13,14,17)/t7-,9+,11-/m1/s1. The first-order valence-electron chi connectivity index (χ1n) is 5.79. The van der Waals surface area contributed by atoms with Crippen LogP contribution in [-0.2, 0) is 0 Å². The first kappa shape index (κ1) is 13.5. The molecule has 1 aromatic carbocycles. The lowest BCUT2D eigenvalue weighted by Gasteiger charge is -2.34. The Kier molecular flexibility index (Phi) is 3.79. The van der Waals surface area contributed by atoms with Gasteiger partial charge in [0, 0.05) is 5.56 Å². The van der Waals surface area contributed by atoms with Crippen molar-refractivity contribution in [1.82, 2.24) is 10.4 Å². The number of nitrogens with one attached hydrogen (secondary N) is 1. The van der Waals surface area contributed by atoms with Crippen molar-refractivity contribution in [2.45, 2.75) is 25.3 Å². The SMILES string of the molecule is C[C@H]1N=C(NC(=O)c2ccccc2)N(O)[C@H](O)[C@H]1O. The van der Waals surface area contributed by atoms with Crippen molar-refractivity contribution < 1.29 is 20.2 Å². The highest BCUT2D eigenvalue weighted by Gasteiger charge is 2.35. The van der Waals surface area contributed by atoms with Crippen molar-refractivity contribution in [3.8, 4) is 0 Å². The van der Waals surface area contributed by atoms with Gasteiger partial charge in [0.2, 0.25) is 5.96 Å². The summed E-state index contributed by atoms with van der Waals surface area (Å²) < 4.78 is 0. The Hall–Kier alpha value is -1.96. The molecule has 1 aliphatic rings. The fourth-order valence-corrected chi connectivity index (χ4v) is 1.70. The van der Waals surface area contributed by atoms with Crippen molar-refractivity contribution in [1.29, 1.82) is 0 Å². The summed E-state index contributed by atoms with van der Waals surface area (Å²) >= 11 is 0. The van der Waals surface area contributed by atoms with Crippen LogP contribution in [0.5, 0.6) is 0 Å². The van der Waals surface area contributed by atoms with Gasteiger partial charge in [-0.25, -0.2) is 4.99 Å². The number of aliphatic hydroxyl groups is 2. The second-order valence-corrected chi connectivity index (χ2v) is 4.26. The van der Waals surface area contributed by atoms with E-state index < -0.39 is 24.3 Å². The number of benzene rings is 1. The molecule has 1 aliphatic heterocycles. The minimum Gasteiger partial charge on any atom is -0.386 e. The van der Waals surface area contributed by atoms with Gasteiger partial charge in [-0.2, -0.15) is 5.06 Å². The molecular weight excluding hydrogens is 250 g/mol. The fourth-order valence-electron chi connectivity index (χ4n) is 1.70. The number of hydrogen-bond donors (Lipinski definition) is 4. The highest BCUT2D eigenvalue weighted by Crippen LogP contribution is 2.13. The Morgan fingerprint density at radius 2 is 1.95 bits per heavy atom. The Labute approximate surface area is 109 Å². The number of rotatable bonds is 1. The van der Waals surface area contributed by atoms with E-state index in [1.807, 2.05) is 0 Å². The van der Waals surface area contributed by atoms with E-state index in [0.717, 1.165) is 0 Å². The minimum absolute atomic E-state index is 0.195. The summed E-state index contributed by atoms with van der Waals surface area (Å²) in [5.74, 6) is -0.659. The molecule has 19 heavy (non-hydrogen) atoms. The summed E-state index contributed by atoms with van der Waals surface area (Å²) in [5.41, 5.74) is 0.395. The molecule has 0 aliphatic carbocycles. The third-order valence-corrected chi connectivity index (χ3v) is 2.85. The van der Waals surface area contributed by atoms with Crippen molar-refractivity contribution >= 4 is 11.9 Å². The lowest BCUT2D eigenvalue weighted by atomic mass is 10.1. The van der Waals surface area contributed by atoms with Gasteiger partial charge in [0.25, 0.3) is 5.91 Å². The summed E-state index contributed by atoms with van der Waals surface area (Å²) in [6.07, 6.45) is -2.75. The zero-order valence-corrected chi connectivity index (χ0v) is 10.3. The number of aliphatic imine (C=N–C) groups is 1. The molecular formula is C12H15N3O4. The second kappa shape index (κ2) is 5.35. The van der Waals surface area contributed by atoms with Crippen LogP contribution in [0.2, 0.25) is 0 Å². The van der Waals surface area contributed by atoms with Crippen LogP contribution >= 0.6 is 0 Å². The average molecular weight is 265 g/mol. The number of guanidine groups is 1. The summed E-state index contributed by atoms with van der Waals surface area (Å²) in [7, 11) is 0. The maximum atomic E-state index is 11.9. The van der Waals surface area contributed by atoms with Crippen molar-refractivity contribution in [2.75, 3.05) is 0 Å². The van der Waals surface area contributed by atoms with Gasteiger partial charge in [0.15, 0.2) is 6.23 Å². The van der Waals surface area contributed by atoms with E-state index in [4.69, 9.17) is 0 Å². The molecule has 1 amide bonds. The topological polar surface area (TPSA) is 105 Å². The lowest BCUT2D eigenvalue weighted by Crippen LogP contribution is -2.57. The molecule has 1 aromatic rings. The molecule has 2 rings (SSSR count). The van der Waals surface area contributed by atoms with Gasteiger partial charge >= 0.3 is 0 Å². The van der Waals surface area contributed by atoms with Crippen LogP contribution < -0.4 is 5.32 Å². The summed E-state index contributed by atoms with van der Waals surface area (Å²) in [5, 5.41) is 31.4. The highest BCUT2D eigenvalue weighted by molar-refractivity contribution is 6.05. The quantitative estimate of drug-likeness (QED) is 0.550. The molecule has 0 radical (unpaired) electrons. The van der Waals surface area contributed by atoms with Crippen LogP contribution in [0, 0.1) is 0 Å². The number of nitrogens with zero attached hydrogens (tertiary/aromatic N) is 2. The predicted molar refractivity (Wildman–Crippen MR) is 66.4 cm³/mol. The van der Waals surface area contributed by atoms with Crippen molar-refractivity contribution in [3.63, 3.8) is 0 Å². The second-order valence-electron chi connectivity index (χ2n) is 4.26. The maximum Gasteiger partial charge on any atom is 0.258 e. The van der Waals surface area contributed by atoms with Crippen molar-refractivity contribution in [3.05, 3.63) is 35.9 Å². The van der Waals surface area contributed by atoms with E-state index in [1.54, 1.807) is 37.3 Å². The van der Waals surface area contributed by atoms with Gasteiger partial charge in [-0.05, 0) is 19.1 Å². The molecule has 3 atom stereocenters. The van der Waals surface area contributed by atoms with Gasteiger partial charge in [-0.15, -0.1) is 0 Å². The van der Waals surface area contributed by atoms with Crippen LogP contribution in [0.25, 0.3) is 0 Å². The van der Waals surface area contributed by atoms with E-state index in [2.05, 4.69) is 10.3 Å². The zero-order chi connectivity index (χ0) is 14.0. The highest BCUT2D eigenvalue weighted by atomic mass is 16.5. The number of amides is 1. The molecule has 0 saturated heterocycles. The molecule has 7 nitrogen and oxygen atoms in total. The Morgan fingerprint density at radius 3 is 2.58 bits per heavy atom. The van der Waals surface area contributed by atoms with E-state index in [1.165, 1.54) is 0 Å². The molecule has 0 fully saturated rings. The van der Waals surface area contributed by atoms with Crippen molar-refractivity contribution in [2.24, 2.45) is 4.99 Å². The molecule has 0 saturated carbocycles. The zero-order valence-electron chi connectivity index (χ0n) is 10.3. The van der Waals surface area contributed by atoms with Crippen LogP contribution in [0.15, 0.2) is 35.3 Å². The molecule has 0 bridgehead atoms. The molecule has 7 heteroatoms. The molecule has 0 aromatic heterocycles. The monoisotopic (exact) mass is 265 g/mol. The van der Waals surface area contributed by atoms with Crippen LogP contribution in [-0.4, -0.2) is 50.7 Å². The van der Waals surface area contributed by atoms with E-state index >= 15 is 0 Å². The number of carbonyl (C=O) groups excluding carboxylic acids is 1. The largest absolute Gasteiger partial charge is 0.386 e. The third-order valence-electron chi connectivity index (χ3n) is 2.85. The predicted octanol–water partition coefficient (Wildman–Crippen LogP) is -0.455. The number of hydroxylamine groups is 2. The normalized spacial score (nSPS) is 26.8. The number of aliphatic hydroxyl groups excluding tert-OH is 2. The smallest absolute Gasteiger partial charge is 0.258 e. The average Bonchev–Trinajstić information content (AvgIpc) is 2.43. The minimum atomic E-state index is -1.53. The summed E-state index contributed by atoms with van der Waals surface area (Å²) in [4.78, 5) is 15.8. The molecule has 102 valence electrons. The van der Waals surface area contributed by atoms with Crippen LogP contribution in [0.3, 0.4) is 0 Å².